The van der Waals surface area contributed by atoms with Crippen molar-refractivity contribution in [2.75, 3.05) is 13.1 Å². The Morgan fingerprint density at radius 1 is 1.50 bits per heavy atom. The number of rotatable bonds is 5. The Labute approximate surface area is 159 Å². The van der Waals surface area contributed by atoms with Gasteiger partial charge in [-0.15, -0.1) is 0 Å². The molecule has 1 aromatic heterocycles. The molecule has 0 radical (unpaired) electrons. The molecule has 2 aromatic rings. The highest BCUT2D eigenvalue weighted by atomic mass is 35.5. The minimum Gasteiger partial charge on any atom is -0.388 e. The smallest absolute Gasteiger partial charge is 0.149 e. The maximum absolute atomic E-state index is 14.8. The molecular formula is C20H27ClFN3O. The molecule has 26 heavy (non-hydrogen) atoms. The van der Waals surface area contributed by atoms with Crippen LogP contribution < -0.4 is 0 Å². The van der Waals surface area contributed by atoms with E-state index in [1.165, 1.54) is 6.07 Å². The predicted octanol–water partition coefficient (Wildman–Crippen LogP) is 5.05. The van der Waals surface area contributed by atoms with Gasteiger partial charge >= 0.3 is 0 Å². The van der Waals surface area contributed by atoms with Gasteiger partial charge in [0, 0.05) is 29.7 Å². The number of fused-ring (bicyclic) bond motifs is 1. The summed E-state index contributed by atoms with van der Waals surface area (Å²) in [7, 11) is 0. The van der Waals surface area contributed by atoms with Gasteiger partial charge in [0.05, 0.1) is 22.8 Å². The zero-order valence-electron chi connectivity index (χ0n) is 15.6. The summed E-state index contributed by atoms with van der Waals surface area (Å²) in [5.41, 5.74) is 1.39. The minimum atomic E-state index is -0.977. The van der Waals surface area contributed by atoms with Gasteiger partial charge in [-0.1, -0.05) is 39.0 Å². The molecular weight excluding hydrogens is 353 g/mol. The number of aromatic amines is 1. The second-order valence-corrected chi connectivity index (χ2v) is 8.23. The van der Waals surface area contributed by atoms with Crippen LogP contribution in [0, 0.1) is 17.2 Å². The molecule has 0 aliphatic carbocycles. The Morgan fingerprint density at radius 2 is 2.15 bits per heavy atom. The number of piperidine rings is 1. The van der Waals surface area contributed by atoms with Crippen LogP contribution in [0.5, 0.6) is 0 Å². The highest BCUT2D eigenvalue weighted by molar-refractivity contribution is 6.31. The highest BCUT2D eigenvalue weighted by Crippen LogP contribution is 2.47. The molecule has 0 bridgehead atoms. The minimum absolute atomic E-state index is 0.0119. The van der Waals surface area contributed by atoms with Crippen LogP contribution in [0.3, 0.4) is 0 Å². The van der Waals surface area contributed by atoms with Crippen LogP contribution in [0.1, 0.15) is 51.7 Å². The zero-order chi connectivity index (χ0) is 19.1. The molecule has 3 rings (SSSR count). The molecule has 0 spiro atoms. The lowest BCUT2D eigenvalue weighted by molar-refractivity contribution is -0.0170. The normalized spacial score (nSPS) is 17.7. The van der Waals surface area contributed by atoms with Crippen molar-refractivity contribution in [1.29, 1.82) is 0 Å². The van der Waals surface area contributed by atoms with Crippen LogP contribution in [-0.4, -0.2) is 33.3 Å². The van der Waals surface area contributed by atoms with Crippen molar-refractivity contribution >= 4 is 22.5 Å². The number of benzene rings is 1. The third-order valence-corrected chi connectivity index (χ3v) is 6.32. The number of aliphatic hydroxyl groups is 1. The van der Waals surface area contributed by atoms with E-state index in [9.17, 15) is 9.50 Å². The molecule has 1 saturated heterocycles. The quantitative estimate of drug-likeness (QED) is 0.764. The molecule has 1 fully saturated rings. The lowest BCUT2D eigenvalue weighted by Gasteiger charge is -2.44. The Kier molecular flexibility index (Phi) is 5.31. The van der Waals surface area contributed by atoms with Crippen LogP contribution in [0.15, 0.2) is 24.5 Å². The molecule has 6 heteroatoms. The second kappa shape index (κ2) is 7.20. The average Bonchev–Trinajstić information content (AvgIpc) is 3.09. The lowest BCUT2D eigenvalue weighted by Crippen LogP contribution is -2.41. The van der Waals surface area contributed by atoms with Gasteiger partial charge in [0.2, 0.25) is 0 Å². The third-order valence-electron chi connectivity index (χ3n) is 6.05. The monoisotopic (exact) mass is 379 g/mol. The van der Waals surface area contributed by atoms with Gasteiger partial charge in [-0.25, -0.2) is 4.39 Å². The summed E-state index contributed by atoms with van der Waals surface area (Å²) in [6.45, 7) is 12.1. The maximum atomic E-state index is 14.8. The summed E-state index contributed by atoms with van der Waals surface area (Å²) < 4.78 is 14.8. The van der Waals surface area contributed by atoms with Gasteiger partial charge in [-0.2, -0.15) is 5.10 Å². The van der Waals surface area contributed by atoms with Crippen molar-refractivity contribution in [2.24, 2.45) is 11.3 Å². The summed E-state index contributed by atoms with van der Waals surface area (Å²) in [6, 6.07) is 1.54. The number of nitrogens with one attached hydrogen (secondary N) is 1. The van der Waals surface area contributed by atoms with Crippen molar-refractivity contribution in [1.82, 2.24) is 15.1 Å². The van der Waals surface area contributed by atoms with E-state index < -0.39 is 17.3 Å². The fourth-order valence-electron chi connectivity index (χ4n) is 4.07. The Balaban J connectivity index is 1.88. The first kappa shape index (κ1) is 19.2. The number of halogens is 2. The van der Waals surface area contributed by atoms with Crippen molar-refractivity contribution < 1.29 is 9.50 Å². The SMILES string of the molecule is C=C(CC)N1CCC(C(C)(C)C(O)c2c(F)c(Cl)cc3cn[nH]c23)CC1. The van der Waals surface area contributed by atoms with E-state index in [1.807, 2.05) is 13.8 Å². The first-order valence-electron chi connectivity index (χ1n) is 9.19. The van der Waals surface area contributed by atoms with Crippen molar-refractivity contribution in [3.63, 3.8) is 0 Å². The molecule has 0 amide bonds. The zero-order valence-corrected chi connectivity index (χ0v) is 16.4. The number of hydrogen-bond acceptors (Lipinski definition) is 3. The Bertz CT molecular complexity index is 809. The molecule has 2 N–H and O–H groups in total. The van der Waals surface area contributed by atoms with Crippen molar-refractivity contribution in [3.8, 4) is 0 Å². The average molecular weight is 380 g/mol. The molecule has 1 aromatic carbocycles. The van der Waals surface area contributed by atoms with Gasteiger partial charge in [0.15, 0.2) is 0 Å². The Hall–Kier alpha value is -1.59. The van der Waals surface area contributed by atoms with Crippen LogP contribution in [0.2, 0.25) is 5.02 Å². The highest BCUT2D eigenvalue weighted by Gasteiger charge is 2.41. The standard InChI is InChI=1S/C20H27ClFN3O/c1-5-12(2)25-8-6-14(7-9-25)20(3,4)19(26)16-17(22)15(21)10-13-11-23-24-18(13)16/h10-11,14,19,26H,2,5-9H2,1,3-4H3,(H,23,24). The van der Waals surface area contributed by atoms with Gasteiger partial charge in [0.1, 0.15) is 5.82 Å². The van der Waals surface area contributed by atoms with Gasteiger partial charge in [0.25, 0.3) is 0 Å². The molecule has 2 heterocycles. The molecule has 4 nitrogen and oxygen atoms in total. The van der Waals surface area contributed by atoms with E-state index in [4.69, 9.17) is 11.6 Å². The van der Waals surface area contributed by atoms with Crippen molar-refractivity contribution in [3.05, 3.63) is 40.9 Å². The fourth-order valence-corrected chi connectivity index (χ4v) is 4.29. The second-order valence-electron chi connectivity index (χ2n) is 7.83. The maximum Gasteiger partial charge on any atom is 0.149 e. The number of aromatic nitrogens is 2. The van der Waals surface area contributed by atoms with Crippen molar-refractivity contribution in [2.45, 2.75) is 46.1 Å². The summed E-state index contributed by atoms with van der Waals surface area (Å²) in [4.78, 5) is 2.31. The number of hydrogen-bond donors (Lipinski definition) is 2. The van der Waals surface area contributed by atoms with Crippen LogP contribution in [0.25, 0.3) is 10.9 Å². The van der Waals surface area contributed by atoms with E-state index in [-0.39, 0.29) is 16.5 Å². The van der Waals surface area contributed by atoms with E-state index in [0.717, 1.165) is 38.0 Å². The number of aliphatic hydroxyl groups excluding tert-OH is 1. The van der Waals surface area contributed by atoms with E-state index >= 15 is 0 Å². The van der Waals surface area contributed by atoms with Crippen LogP contribution >= 0.6 is 11.6 Å². The molecule has 1 atom stereocenters. The largest absolute Gasteiger partial charge is 0.388 e. The molecule has 1 aliphatic heterocycles. The van der Waals surface area contributed by atoms with E-state index in [0.29, 0.717) is 10.9 Å². The number of likely N-dealkylation sites (tertiary alicyclic amines) is 1. The van der Waals surface area contributed by atoms with Gasteiger partial charge in [-0.3, -0.25) is 5.10 Å². The number of allylic oxidation sites excluding steroid dienone is 1. The summed E-state index contributed by atoms with van der Waals surface area (Å²) in [5, 5.41) is 18.7. The lowest BCUT2D eigenvalue weighted by atomic mass is 9.68. The van der Waals surface area contributed by atoms with Crippen LogP contribution in [-0.2, 0) is 0 Å². The Morgan fingerprint density at radius 3 is 2.77 bits per heavy atom. The predicted molar refractivity (Wildman–Crippen MR) is 104 cm³/mol. The molecule has 142 valence electrons. The fraction of sp³-hybridized carbons (Fsp3) is 0.550. The number of nitrogens with zero attached hydrogens (tertiary/aromatic N) is 2. The summed E-state index contributed by atoms with van der Waals surface area (Å²) >= 11 is 6.06. The third kappa shape index (κ3) is 3.23. The molecule has 1 unspecified atom stereocenters. The number of H-pyrrole nitrogens is 1. The molecule has 0 saturated carbocycles. The summed E-state index contributed by atoms with van der Waals surface area (Å²) in [5.74, 6) is -0.296. The van der Waals surface area contributed by atoms with Crippen LogP contribution in [0.4, 0.5) is 4.39 Å². The first-order chi connectivity index (χ1) is 12.3. The molecule has 1 aliphatic rings. The first-order valence-corrected chi connectivity index (χ1v) is 9.56. The van der Waals surface area contributed by atoms with Gasteiger partial charge < -0.3 is 10.0 Å². The summed E-state index contributed by atoms with van der Waals surface area (Å²) in [6.07, 6.45) is 3.45. The van der Waals surface area contributed by atoms with Gasteiger partial charge in [-0.05, 0) is 36.7 Å². The van der Waals surface area contributed by atoms with E-state index in [2.05, 4.69) is 28.6 Å². The topological polar surface area (TPSA) is 52.1 Å². The van der Waals surface area contributed by atoms with E-state index in [1.54, 1.807) is 6.20 Å².